The van der Waals surface area contributed by atoms with E-state index in [1.807, 2.05) is 28.8 Å². The van der Waals surface area contributed by atoms with Gasteiger partial charge in [0.2, 0.25) is 5.91 Å². The third kappa shape index (κ3) is 4.14. The molecule has 6 rings (SSSR count). The van der Waals surface area contributed by atoms with Gasteiger partial charge < -0.3 is 19.9 Å². The standard InChI is InChI=1S/C28H28N4O5/c33-22-7-4-17(5-8-22)10-11-29-28(35)23-14-18-13-21(32(36)37)6-9-25(18)31-15-19-12-20(27(23)31)16-30-24(19)2-1-3-26(30)34/h1-9,13,19-20,23,27,33H,10-12,14-16H2,(H,29,35). The van der Waals surface area contributed by atoms with Crippen molar-refractivity contribution in [3.8, 4) is 5.75 Å². The van der Waals surface area contributed by atoms with Crippen LogP contribution in [0.15, 0.2) is 65.5 Å². The van der Waals surface area contributed by atoms with Crippen molar-refractivity contribution in [3.05, 3.63) is 98.0 Å². The molecule has 2 aromatic carbocycles. The normalized spacial score (nSPS) is 23.4. The molecule has 1 aromatic heterocycles. The molecular formula is C28H28N4O5. The molecule has 1 saturated heterocycles. The Morgan fingerprint density at radius 1 is 1.11 bits per heavy atom. The molecule has 3 aromatic rings. The van der Waals surface area contributed by atoms with E-state index < -0.39 is 4.92 Å². The van der Waals surface area contributed by atoms with Crippen LogP contribution in [0.2, 0.25) is 0 Å². The summed E-state index contributed by atoms with van der Waals surface area (Å²) in [6.45, 7) is 1.67. The van der Waals surface area contributed by atoms with Gasteiger partial charge in [-0.1, -0.05) is 18.2 Å². The molecule has 9 nitrogen and oxygen atoms in total. The van der Waals surface area contributed by atoms with Crippen LogP contribution in [0.1, 0.15) is 29.2 Å². The molecule has 9 heteroatoms. The van der Waals surface area contributed by atoms with Crippen LogP contribution >= 0.6 is 0 Å². The number of phenols is 1. The van der Waals surface area contributed by atoms with Gasteiger partial charge in [0.15, 0.2) is 0 Å². The van der Waals surface area contributed by atoms with Crippen LogP contribution in [0.25, 0.3) is 0 Å². The summed E-state index contributed by atoms with van der Waals surface area (Å²) in [4.78, 5) is 39.6. The topological polar surface area (TPSA) is 118 Å². The lowest BCUT2D eigenvalue weighted by molar-refractivity contribution is -0.384. The van der Waals surface area contributed by atoms with Crippen molar-refractivity contribution in [1.29, 1.82) is 0 Å². The predicted octanol–water partition coefficient (Wildman–Crippen LogP) is 2.99. The molecule has 190 valence electrons. The Morgan fingerprint density at radius 2 is 1.92 bits per heavy atom. The number of phenolic OH excluding ortho intramolecular Hbond substituents is 1. The molecule has 2 N–H and O–H groups in total. The number of hydrogen-bond donors (Lipinski definition) is 2. The molecule has 1 fully saturated rings. The van der Waals surface area contributed by atoms with Crippen molar-refractivity contribution >= 4 is 17.3 Å². The fraction of sp³-hybridized carbons (Fsp3) is 0.357. The number of fused-ring (bicyclic) bond motifs is 8. The highest BCUT2D eigenvalue weighted by Gasteiger charge is 2.49. The van der Waals surface area contributed by atoms with Gasteiger partial charge in [0.1, 0.15) is 5.75 Å². The molecular weight excluding hydrogens is 472 g/mol. The summed E-state index contributed by atoms with van der Waals surface area (Å²) >= 11 is 0. The minimum atomic E-state index is -0.396. The third-order valence-corrected chi connectivity index (χ3v) is 8.19. The molecule has 0 spiro atoms. The van der Waals surface area contributed by atoms with Crippen molar-refractivity contribution in [3.63, 3.8) is 0 Å². The van der Waals surface area contributed by atoms with Crippen molar-refractivity contribution in [1.82, 2.24) is 9.88 Å². The molecule has 3 aliphatic rings. The molecule has 4 heterocycles. The zero-order chi connectivity index (χ0) is 25.7. The monoisotopic (exact) mass is 500 g/mol. The Kier molecular flexibility index (Phi) is 5.70. The molecule has 4 unspecified atom stereocenters. The lowest BCUT2D eigenvalue weighted by Crippen LogP contribution is -2.61. The molecule has 1 amide bonds. The van der Waals surface area contributed by atoms with E-state index >= 15 is 0 Å². The van der Waals surface area contributed by atoms with Gasteiger partial charge in [0.05, 0.1) is 10.8 Å². The lowest BCUT2D eigenvalue weighted by Gasteiger charge is -2.54. The number of benzene rings is 2. The van der Waals surface area contributed by atoms with Crippen LogP contribution < -0.4 is 15.8 Å². The first-order chi connectivity index (χ1) is 17.9. The van der Waals surface area contributed by atoms with Gasteiger partial charge in [-0.05, 0) is 60.6 Å². The number of aromatic hydroxyl groups is 1. The summed E-state index contributed by atoms with van der Waals surface area (Å²) in [5.74, 6) is 0.00854. The highest BCUT2D eigenvalue weighted by molar-refractivity contribution is 5.82. The maximum absolute atomic E-state index is 13.6. The minimum absolute atomic E-state index is 0.0117. The molecule has 2 bridgehead atoms. The van der Waals surface area contributed by atoms with Crippen molar-refractivity contribution < 1.29 is 14.8 Å². The SMILES string of the molecule is O=C(NCCc1ccc(O)cc1)C1Cc2cc([N+](=O)[O-])ccc2N2CC3CC(Cn4c3cccc4=O)C12. The Hall–Kier alpha value is -4.14. The third-order valence-electron chi connectivity index (χ3n) is 8.19. The average molecular weight is 501 g/mol. The Morgan fingerprint density at radius 3 is 2.70 bits per heavy atom. The Bertz CT molecular complexity index is 1430. The van der Waals surface area contributed by atoms with E-state index in [1.54, 1.807) is 30.3 Å². The Labute approximate surface area is 213 Å². The maximum Gasteiger partial charge on any atom is 0.269 e. The molecule has 4 atom stereocenters. The van der Waals surface area contributed by atoms with Crippen molar-refractivity contribution in [2.75, 3.05) is 18.0 Å². The Balaban J connectivity index is 1.31. The first-order valence-corrected chi connectivity index (χ1v) is 12.7. The largest absolute Gasteiger partial charge is 0.508 e. The second kappa shape index (κ2) is 9.06. The van der Waals surface area contributed by atoms with E-state index in [2.05, 4.69) is 10.2 Å². The van der Waals surface area contributed by atoms with Crippen molar-refractivity contribution in [2.24, 2.45) is 11.8 Å². The summed E-state index contributed by atoms with van der Waals surface area (Å²) in [5, 5.41) is 24.1. The first-order valence-electron chi connectivity index (χ1n) is 12.7. The number of nitrogens with one attached hydrogen (secondary N) is 1. The highest BCUT2D eigenvalue weighted by Crippen LogP contribution is 2.47. The predicted molar refractivity (Wildman–Crippen MR) is 138 cm³/mol. The number of aromatic nitrogens is 1. The maximum atomic E-state index is 13.6. The van der Waals surface area contributed by atoms with Gasteiger partial charge in [-0.2, -0.15) is 0 Å². The number of rotatable bonds is 5. The van der Waals surface area contributed by atoms with Crippen LogP contribution in [-0.4, -0.2) is 39.6 Å². The lowest BCUT2D eigenvalue weighted by atomic mass is 9.70. The zero-order valence-corrected chi connectivity index (χ0v) is 20.2. The van der Waals surface area contributed by atoms with E-state index in [0.29, 0.717) is 32.5 Å². The van der Waals surface area contributed by atoms with Gasteiger partial charge in [0, 0.05) is 61.2 Å². The number of carbonyl (C=O) groups is 1. The summed E-state index contributed by atoms with van der Waals surface area (Å²) in [6, 6.07) is 17.2. The van der Waals surface area contributed by atoms with Crippen LogP contribution in [0, 0.1) is 22.0 Å². The van der Waals surface area contributed by atoms with Gasteiger partial charge in [0.25, 0.3) is 11.2 Å². The van der Waals surface area contributed by atoms with E-state index in [4.69, 9.17) is 0 Å². The molecule has 0 radical (unpaired) electrons. The summed E-state index contributed by atoms with van der Waals surface area (Å²) in [7, 11) is 0. The number of piperidine rings is 1. The van der Waals surface area contributed by atoms with E-state index in [0.717, 1.165) is 28.9 Å². The average Bonchev–Trinajstić information content (AvgIpc) is 2.89. The summed E-state index contributed by atoms with van der Waals surface area (Å²) in [5.41, 5.74) is 3.80. The van der Waals surface area contributed by atoms with Gasteiger partial charge in [-0.25, -0.2) is 0 Å². The smallest absolute Gasteiger partial charge is 0.269 e. The molecule has 0 aliphatic carbocycles. The highest BCUT2D eigenvalue weighted by atomic mass is 16.6. The van der Waals surface area contributed by atoms with Crippen molar-refractivity contribution in [2.45, 2.75) is 37.8 Å². The number of nitro groups is 1. The summed E-state index contributed by atoms with van der Waals surface area (Å²) < 4.78 is 1.86. The second-order valence-corrected chi connectivity index (χ2v) is 10.3. The number of nitro benzene ring substituents is 1. The number of non-ortho nitro benzene ring substituents is 1. The van der Waals surface area contributed by atoms with E-state index in [9.17, 15) is 24.8 Å². The zero-order valence-electron chi connectivity index (χ0n) is 20.2. The number of anilines is 1. The van der Waals surface area contributed by atoms with E-state index in [-0.39, 0.29) is 46.7 Å². The number of pyridine rings is 1. The molecule has 37 heavy (non-hydrogen) atoms. The van der Waals surface area contributed by atoms with Gasteiger partial charge >= 0.3 is 0 Å². The fourth-order valence-corrected chi connectivity index (χ4v) is 6.58. The van der Waals surface area contributed by atoms with Crippen LogP contribution in [0.3, 0.4) is 0 Å². The fourth-order valence-electron chi connectivity index (χ4n) is 6.58. The number of carbonyl (C=O) groups excluding carboxylic acids is 1. The first kappa shape index (κ1) is 23.3. The number of nitrogens with zero attached hydrogens (tertiary/aromatic N) is 3. The quantitative estimate of drug-likeness (QED) is 0.411. The number of amides is 1. The van der Waals surface area contributed by atoms with Crippen LogP contribution in [0.5, 0.6) is 5.75 Å². The van der Waals surface area contributed by atoms with Gasteiger partial charge in [-0.3, -0.25) is 19.7 Å². The summed E-state index contributed by atoms with van der Waals surface area (Å²) in [6.07, 6.45) is 1.95. The van der Waals surface area contributed by atoms with Gasteiger partial charge in [-0.15, -0.1) is 0 Å². The second-order valence-electron chi connectivity index (χ2n) is 10.3. The van der Waals surface area contributed by atoms with Crippen LogP contribution in [0.4, 0.5) is 11.4 Å². The van der Waals surface area contributed by atoms with Crippen LogP contribution in [-0.2, 0) is 24.2 Å². The van der Waals surface area contributed by atoms with E-state index in [1.165, 1.54) is 6.07 Å². The molecule has 0 saturated carbocycles. The minimum Gasteiger partial charge on any atom is -0.508 e. The number of hydrogen-bond acceptors (Lipinski definition) is 6. The molecule has 3 aliphatic heterocycles.